The van der Waals surface area contributed by atoms with Crippen LogP contribution in [0.4, 0.5) is 0 Å². The first-order valence-corrected chi connectivity index (χ1v) is 10.8. The molecule has 0 spiro atoms. The van der Waals surface area contributed by atoms with E-state index in [4.69, 9.17) is 0 Å². The van der Waals surface area contributed by atoms with E-state index in [-0.39, 0.29) is 0 Å². The molecule has 0 heteroatoms. The molecule has 0 saturated heterocycles. The molecule has 0 aromatic rings. The lowest BCUT2D eigenvalue weighted by molar-refractivity contribution is -0.0274. The number of allylic oxidation sites excluding steroid dienone is 2. The Balaban J connectivity index is 1.40. The molecule has 0 aromatic heterocycles. The summed E-state index contributed by atoms with van der Waals surface area (Å²) in [5, 5.41) is 0. The number of rotatable bonds is 1. The van der Waals surface area contributed by atoms with Crippen molar-refractivity contribution >= 4 is 0 Å². The molecular formula is C23H36. The van der Waals surface area contributed by atoms with Gasteiger partial charge in [-0.05, 0) is 111 Å². The molecule has 4 saturated carbocycles. The van der Waals surface area contributed by atoms with E-state index in [0.717, 1.165) is 52.8 Å². The zero-order valence-corrected chi connectivity index (χ0v) is 15.6. The largest absolute Gasteiger partial charge is 0.0822 e. The SMILES string of the molecule is CC1C=C2CCC3C(CCC4(C)C3CCC4C3C[C@H]3C)C2CC1. The second kappa shape index (κ2) is 5.12. The maximum absolute atomic E-state index is 2.73. The normalized spacial score (nSPS) is 58.0. The lowest BCUT2D eigenvalue weighted by atomic mass is 9.50. The summed E-state index contributed by atoms with van der Waals surface area (Å²) in [6.07, 6.45) is 16.5. The second-order valence-corrected chi connectivity index (χ2v) is 10.5. The van der Waals surface area contributed by atoms with E-state index in [2.05, 4.69) is 26.8 Å². The topological polar surface area (TPSA) is 0 Å². The van der Waals surface area contributed by atoms with Crippen LogP contribution in [-0.2, 0) is 0 Å². The van der Waals surface area contributed by atoms with Crippen LogP contribution in [-0.4, -0.2) is 0 Å². The minimum absolute atomic E-state index is 0.722. The Bertz CT molecular complexity index is 516. The predicted molar refractivity (Wildman–Crippen MR) is 97.0 cm³/mol. The highest BCUT2D eigenvalue weighted by Gasteiger charge is 2.59. The summed E-state index contributed by atoms with van der Waals surface area (Å²) in [6.45, 7) is 7.67. The lowest BCUT2D eigenvalue weighted by Crippen LogP contribution is -2.46. The summed E-state index contributed by atoms with van der Waals surface area (Å²) in [5.74, 6) is 8.34. The predicted octanol–water partition coefficient (Wildman–Crippen LogP) is 6.47. The van der Waals surface area contributed by atoms with E-state index in [1.165, 1.54) is 25.7 Å². The molecule has 0 radical (unpaired) electrons. The van der Waals surface area contributed by atoms with Crippen LogP contribution >= 0.6 is 0 Å². The molecule has 0 N–H and O–H groups in total. The Morgan fingerprint density at radius 2 is 1.61 bits per heavy atom. The lowest BCUT2D eigenvalue weighted by Gasteiger charge is -2.54. The van der Waals surface area contributed by atoms with Gasteiger partial charge in [0.05, 0.1) is 0 Å². The zero-order chi connectivity index (χ0) is 15.8. The van der Waals surface area contributed by atoms with Gasteiger partial charge in [-0.2, -0.15) is 0 Å². The van der Waals surface area contributed by atoms with Crippen molar-refractivity contribution in [2.24, 2.45) is 52.8 Å². The summed E-state index contributed by atoms with van der Waals surface area (Å²) in [4.78, 5) is 0. The van der Waals surface area contributed by atoms with E-state index in [1.807, 2.05) is 5.57 Å². The molecule has 0 bridgehead atoms. The van der Waals surface area contributed by atoms with Crippen LogP contribution in [0.2, 0.25) is 0 Å². The van der Waals surface area contributed by atoms with Crippen LogP contribution < -0.4 is 0 Å². The molecular weight excluding hydrogens is 276 g/mol. The molecule has 0 heterocycles. The van der Waals surface area contributed by atoms with Crippen molar-refractivity contribution in [3.63, 3.8) is 0 Å². The fourth-order valence-electron chi connectivity index (χ4n) is 8.18. The van der Waals surface area contributed by atoms with E-state index >= 15 is 0 Å². The molecule has 0 nitrogen and oxygen atoms in total. The average molecular weight is 313 g/mol. The van der Waals surface area contributed by atoms with Gasteiger partial charge in [0.2, 0.25) is 0 Å². The molecule has 23 heavy (non-hydrogen) atoms. The quantitative estimate of drug-likeness (QED) is 0.487. The maximum atomic E-state index is 2.73. The van der Waals surface area contributed by atoms with Gasteiger partial charge in [-0.3, -0.25) is 0 Å². The fourth-order valence-corrected chi connectivity index (χ4v) is 8.18. The van der Waals surface area contributed by atoms with Crippen molar-refractivity contribution < 1.29 is 0 Å². The fraction of sp³-hybridized carbons (Fsp3) is 0.913. The first-order valence-electron chi connectivity index (χ1n) is 10.8. The number of hydrogen-bond donors (Lipinski definition) is 0. The van der Waals surface area contributed by atoms with Gasteiger partial charge in [-0.25, -0.2) is 0 Å². The molecule has 0 aliphatic heterocycles. The maximum Gasteiger partial charge on any atom is -0.0172 e. The van der Waals surface area contributed by atoms with Gasteiger partial charge in [-0.1, -0.05) is 32.4 Å². The van der Waals surface area contributed by atoms with Gasteiger partial charge in [0, 0.05) is 0 Å². The molecule has 5 aliphatic rings. The number of fused-ring (bicyclic) bond motifs is 5. The third-order valence-electron chi connectivity index (χ3n) is 9.45. The molecule has 4 fully saturated rings. The highest BCUT2D eigenvalue weighted by Crippen LogP contribution is 2.68. The average Bonchev–Trinajstić information content (AvgIpc) is 3.13. The van der Waals surface area contributed by atoms with Gasteiger partial charge in [0.1, 0.15) is 0 Å². The van der Waals surface area contributed by atoms with Crippen molar-refractivity contribution in [1.82, 2.24) is 0 Å². The van der Waals surface area contributed by atoms with Crippen LogP contribution in [0.1, 0.15) is 78.6 Å². The highest BCUT2D eigenvalue weighted by atomic mass is 14.6. The van der Waals surface area contributed by atoms with Crippen LogP contribution in [0.15, 0.2) is 11.6 Å². The smallest absolute Gasteiger partial charge is 0.0172 e. The van der Waals surface area contributed by atoms with Gasteiger partial charge < -0.3 is 0 Å². The van der Waals surface area contributed by atoms with E-state index < -0.39 is 0 Å². The molecule has 0 amide bonds. The van der Waals surface area contributed by atoms with Gasteiger partial charge >= 0.3 is 0 Å². The summed E-state index contributed by atoms with van der Waals surface area (Å²) in [7, 11) is 0. The van der Waals surface area contributed by atoms with Crippen LogP contribution in [0.5, 0.6) is 0 Å². The summed E-state index contributed by atoms with van der Waals surface area (Å²) >= 11 is 0. The van der Waals surface area contributed by atoms with E-state index in [1.54, 1.807) is 32.1 Å². The summed E-state index contributed by atoms with van der Waals surface area (Å²) in [6, 6.07) is 0. The molecule has 128 valence electrons. The van der Waals surface area contributed by atoms with Crippen molar-refractivity contribution in [3.8, 4) is 0 Å². The van der Waals surface area contributed by atoms with Crippen LogP contribution in [0.3, 0.4) is 0 Å². The first kappa shape index (κ1) is 15.0. The molecule has 9 atom stereocenters. The highest BCUT2D eigenvalue weighted by molar-refractivity contribution is 5.19. The van der Waals surface area contributed by atoms with Crippen LogP contribution in [0.25, 0.3) is 0 Å². The molecule has 5 rings (SSSR count). The molecule has 5 aliphatic carbocycles. The first-order chi connectivity index (χ1) is 11.1. The number of hydrogen-bond acceptors (Lipinski definition) is 0. The molecule has 8 unspecified atom stereocenters. The van der Waals surface area contributed by atoms with Crippen molar-refractivity contribution in [2.75, 3.05) is 0 Å². The standard InChI is InChI=1S/C23H36/c1-14-4-6-17-16(12-14)5-7-19-18(17)10-11-23(3)21(19)8-9-22(23)20-13-15(20)2/h12,14-15,17-22H,4-11,13H2,1-3H3/t14?,15-,17?,18?,19?,20?,21?,22?,23?/m1/s1. The van der Waals surface area contributed by atoms with Crippen molar-refractivity contribution in [3.05, 3.63) is 11.6 Å². The third-order valence-corrected chi connectivity index (χ3v) is 9.45. The Kier molecular flexibility index (Phi) is 3.35. The zero-order valence-electron chi connectivity index (χ0n) is 15.6. The van der Waals surface area contributed by atoms with Crippen molar-refractivity contribution in [2.45, 2.75) is 78.6 Å². The van der Waals surface area contributed by atoms with Crippen LogP contribution in [0, 0.1) is 52.8 Å². The van der Waals surface area contributed by atoms with E-state index in [9.17, 15) is 0 Å². The monoisotopic (exact) mass is 312 g/mol. The Labute approximate surface area is 143 Å². The minimum Gasteiger partial charge on any atom is -0.0822 e. The Morgan fingerprint density at radius 1 is 0.870 bits per heavy atom. The summed E-state index contributed by atoms with van der Waals surface area (Å²) < 4.78 is 0. The van der Waals surface area contributed by atoms with Crippen molar-refractivity contribution in [1.29, 1.82) is 0 Å². The minimum atomic E-state index is 0.722. The summed E-state index contributed by atoms with van der Waals surface area (Å²) in [5.41, 5.74) is 2.61. The van der Waals surface area contributed by atoms with Gasteiger partial charge in [-0.15, -0.1) is 0 Å². The Hall–Kier alpha value is -0.260. The third kappa shape index (κ3) is 2.15. The van der Waals surface area contributed by atoms with Gasteiger partial charge in [0.15, 0.2) is 0 Å². The molecule has 0 aromatic carbocycles. The Morgan fingerprint density at radius 3 is 2.35 bits per heavy atom. The second-order valence-electron chi connectivity index (χ2n) is 10.5. The van der Waals surface area contributed by atoms with Gasteiger partial charge in [0.25, 0.3) is 0 Å². The van der Waals surface area contributed by atoms with E-state index in [0.29, 0.717) is 0 Å².